The van der Waals surface area contributed by atoms with Gasteiger partial charge < -0.3 is 14.4 Å². The zero-order valence-electron chi connectivity index (χ0n) is 15.1. The fourth-order valence-corrected chi connectivity index (χ4v) is 3.77. The Morgan fingerprint density at radius 2 is 1.79 bits per heavy atom. The summed E-state index contributed by atoms with van der Waals surface area (Å²) in [7, 11) is -3.73. The smallest absolute Gasteiger partial charge is 0.274 e. The molecule has 4 rings (SSSR count). The second kappa shape index (κ2) is 7.28. The van der Waals surface area contributed by atoms with E-state index in [9.17, 15) is 13.2 Å². The number of sulfonamides is 1. The minimum absolute atomic E-state index is 0.0276. The second-order valence-electron chi connectivity index (χ2n) is 6.63. The third-order valence-electron chi connectivity index (χ3n) is 4.81. The molecule has 0 saturated carbocycles. The summed E-state index contributed by atoms with van der Waals surface area (Å²) < 4.78 is 34.1. The summed E-state index contributed by atoms with van der Waals surface area (Å²) in [4.78, 5) is 19.6. The van der Waals surface area contributed by atoms with Crippen LogP contribution < -0.4 is 24.5 Å². The summed E-state index contributed by atoms with van der Waals surface area (Å²) in [6, 6.07) is 10.4. The molecule has 3 N–H and O–H groups in total. The summed E-state index contributed by atoms with van der Waals surface area (Å²) in [6.45, 7) is 2.48. The van der Waals surface area contributed by atoms with Gasteiger partial charge in [-0.25, -0.2) is 18.5 Å². The normalized spacial score (nSPS) is 19.4. The number of hydrogen-bond acceptors (Lipinski definition) is 6. The molecule has 10 heteroatoms. The number of carbonyl (C=O) groups is 1. The molecule has 1 amide bonds. The molecule has 0 spiro atoms. The van der Waals surface area contributed by atoms with E-state index in [1.165, 1.54) is 12.3 Å². The van der Waals surface area contributed by atoms with Gasteiger partial charge in [0.1, 0.15) is 30.8 Å². The third kappa shape index (κ3) is 3.73. The summed E-state index contributed by atoms with van der Waals surface area (Å²) in [5.74, 6) is 1.90. The maximum atomic E-state index is 12.8. The predicted molar refractivity (Wildman–Crippen MR) is 99.5 cm³/mol. The Morgan fingerprint density at radius 1 is 1.07 bits per heavy atom. The van der Waals surface area contributed by atoms with Crippen LogP contribution in [0.5, 0.6) is 11.5 Å². The van der Waals surface area contributed by atoms with Gasteiger partial charge in [-0.1, -0.05) is 12.1 Å². The van der Waals surface area contributed by atoms with Crippen LogP contribution >= 0.6 is 0 Å². The number of hydrogen-bond donors (Lipinski definition) is 1. The van der Waals surface area contributed by atoms with Crippen molar-refractivity contribution in [2.24, 2.45) is 5.14 Å². The highest BCUT2D eigenvalue weighted by Gasteiger charge is 2.34. The zero-order valence-corrected chi connectivity index (χ0v) is 15.9. The Morgan fingerprint density at radius 3 is 2.43 bits per heavy atom. The van der Waals surface area contributed by atoms with Crippen molar-refractivity contribution >= 4 is 21.7 Å². The molecule has 1 atom stereocenters. The number of H-pyrrole nitrogens is 1. The largest absolute Gasteiger partial charge is 0.485 e. The number of fused-ring (bicyclic) bond motifs is 1. The molecule has 3 heterocycles. The van der Waals surface area contributed by atoms with Gasteiger partial charge in [0.2, 0.25) is 16.1 Å². The number of ether oxygens (including phenoxy) is 2. The van der Waals surface area contributed by atoms with E-state index in [2.05, 4.69) is 4.98 Å². The minimum Gasteiger partial charge on any atom is -0.485 e. The van der Waals surface area contributed by atoms with Crippen molar-refractivity contribution in [2.45, 2.75) is 11.0 Å². The lowest BCUT2D eigenvalue weighted by molar-refractivity contribution is -0.367. The van der Waals surface area contributed by atoms with Gasteiger partial charge in [0.15, 0.2) is 11.5 Å². The van der Waals surface area contributed by atoms with E-state index in [4.69, 9.17) is 14.6 Å². The highest BCUT2D eigenvalue weighted by Crippen LogP contribution is 2.31. The molecule has 1 fully saturated rings. The van der Waals surface area contributed by atoms with E-state index < -0.39 is 16.1 Å². The Bertz CT molecular complexity index is 972. The van der Waals surface area contributed by atoms with Gasteiger partial charge in [-0.15, -0.1) is 0 Å². The highest BCUT2D eigenvalue weighted by atomic mass is 32.2. The van der Waals surface area contributed by atoms with Crippen molar-refractivity contribution in [2.75, 3.05) is 37.7 Å². The van der Waals surface area contributed by atoms with Crippen molar-refractivity contribution in [1.82, 2.24) is 4.90 Å². The first-order valence-corrected chi connectivity index (χ1v) is 10.4. The second-order valence-corrected chi connectivity index (χ2v) is 8.19. The van der Waals surface area contributed by atoms with Crippen molar-refractivity contribution in [3.63, 3.8) is 0 Å². The molecule has 1 saturated heterocycles. The average Bonchev–Trinajstić information content (AvgIpc) is 2.72. The number of amides is 1. The maximum absolute atomic E-state index is 12.8. The zero-order chi connectivity index (χ0) is 19.7. The number of pyridine rings is 1. The van der Waals surface area contributed by atoms with E-state index >= 15 is 0 Å². The van der Waals surface area contributed by atoms with Crippen LogP contribution in [0, 0.1) is 0 Å². The van der Waals surface area contributed by atoms with Crippen molar-refractivity contribution < 1.29 is 27.7 Å². The number of primary sulfonamides is 1. The summed E-state index contributed by atoms with van der Waals surface area (Å²) in [6.07, 6.45) is 0.717. The van der Waals surface area contributed by atoms with Crippen LogP contribution in [0.2, 0.25) is 0 Å². The summed E-state index contributed by atoms with van der Waals surface area (Å²) >= 11 is 0. The van der Waals surface area contributed by atoms with Gasteiger partial charge in [0, 0.05) is 6.07 Å². The molecule has 9 nitrogen and oxygen atoms in total. The van der Waals surface area contributed by atoms with Crippen LogP contribution in [0.15, 0.2) is 47.5 Å². The van der Waals surface area contributed by atoms with Crippen molar-refractivity contribution in [3.8, 4) is 11.5 Å². The predicted octanol–water partition coefficient (Wildman–Crippen LogP) is -0.363. The highest BCUT2D eigenvalue weighted by molar-refractivity contribution is 7.89. The van der Waals surface area contributed by atoms with Crippen LogP contribution in [0.25, 0.3) is 0 Å². The molecular weight excluding hydrogens is 384 g/mol. The quantitative estimate of drug-likeness (QED) is 0.745. The Hall–Kier alpha value is -2.85. The molecule has 2 aliphatic heterocycles. The fraction of sp³-hybridized carbons (Fsp3) is 0.333. The van der Waals surface area contributed by atoms with E-state index in [0.717, 1.165) is 5.82 Å². The van der Waals surface area contributed by atoms with Gasteiger partial charge in [0.05, 0.1) is 13.1 Å². The number of nitrogens with one attached hydrogen (secondary N) is 1. The standard InChI is InChI=1S/C18H20N4O5S/c19-28(24,25)13-5-6-17(20-11-13)21-7-9-22(10-8-21)18(23)16-12-26-14-3-1-2-4-15(14)27-16/h1-6,11,16H,7-10,12H2,(H2,19,24,25)/p+1/t16-/m1/s1. The molecule has 28 heavy (non-hydrogen) atoms. The number of benzene rings is 1. The van der Waals surface area contributed by atoms with Crippen LogP contribution in [-0.4, -0.2) is 58.1 Å². The number of piperazine rings is 1. The number of nitrogens with two attached hydrogens (primary N) is 1. The lowest BCUT2D eigenvalue weighted by Crippen LogP contribution is -2.54. The molecule has 1 aromatic carbocycles. The number of para-hydroxylation sites is 2. The fourth-order valence-electron chi connectivity index (χ4n) is 3.29. The monoisotopic (exact) mass is 405 g/mol. The molecular formula is C18H21N4O5S+. The van der Waals surface area contributed by atoms with Crippen LogP contribution in [-0.2, 0) is 14.8 Å². The average molecular weight is 405 g/mol. The molecule has 1 aromatic heterocycles. The van der Waals surface area contributed by atoms with Gasteiger partial charge in [-0.2, -0.15) is 0 Å². The lowest BCUT2D eigenvalue weighted by Gasteiger charge is -2.34. The maximum Gasteiger partial charge on any atom is 0.274 e. The van der Waals surface area contributed by atoms with Crippen LogP contribution in [0.1, 0.15) is 0 Å². The number of rotatable bonds is 3. The van der Waals surface area contributed by atoms with Crippen molar-refractivity contribution in [1.29, 1.82) is 0 Å². The lowest BCUT2D eigenvalue weighted by atomic mass is 10.2. The first-order chi connectivity index (χ1) is 13.4. The number of nitrogens with zero attached hydrogens (tertiary/aromatic N) is 2. The van der Waals surface area contributed by atoms with Gasteiger partial charge in [-0.05, 0) is 18.2 Å². The molecule has 0 unspecified atom stereocenters. The number of aromatic nitrogens is 1. The van der Waals surface area contributed by atoms with E-state index in [-0.39, 0.29) is 17.4 Å². The van der Waals surface area contributed by atoms with Gasteiger partial charge >= 0.3 is 0 Å². The Balaban J connectivity index is 1.36. The number of anilines is 1. The topological polar surface area (TPSA) is 116 Å². The Labute approximate surface area is 162 Å². The molecule has 2 aromatic rings. The Kier molecular flexibility index (Phi) is 4.82. The van der Waals surface area contributed by atoms with Gasteiger partial charge in [-0.3, -0.25) is 9.69 Å². The van der Waals surface area contributed by atoms with Crippen LogP contribution in [0.3, 0.4) is 0 Å². The molecule has 0 bridgehead atoms. The van der Waals surface area contributed by atoms with Crippen LogP contribution in [0.4, 0.5) is 5.82 Å². The van der Waals surface area contributed by atoms with E-state index in [0.29, 0.717) is 37.7 Å². The molecule has 2 aliphatic rings. The third-order valence-corrected chi connectivity index (χ3v) is 5.72. The summed E-state index contributed by atoms with van der Waals surface area (Å²) in [5, 5.41) is 5.11. The van der Waals surface area contributed by atoms with Crippen molar-refractivity contribution in [3.05, 3.63) is 42.6 Å². The van der Waals surface area contributed by atoms with E-state index in [1.54, 1.807) is 17.0 Å². The first-order valence-electron chi connectivity index (χ1n) is 8.88. The molecule has 0 aliphatic carbocycles. The SMILES string of the molecule is NS(=O)(=O)c1ccc(N2CCN(C(=O)[C@H]3COc4ccccc4O3)CC2)[nH+]c1. The number of carbonyl (C=O) groups excluding carboxylic acids is 1. The van der Waals surface area contributed by atoms with Gasteiger partial charge in [0.25, 0.3) is 11.7 Å². The minimum atomic E-state index is -3.73. The molecule has 0 radical (unpaired) electrons. The van der Waals surface area contributed by atoms with E-state index in [1.807, 2.05) is 23.1 Å². The molecule has 148 valence electrons. The summed E-state index contributed by atoms with van der Waals surface area (Å²) in [5.41, 5.74) is 0. The first kappa shape index (κ1) is 18.5. The number of aromatic amines is 1.